The van der Waals surface area contributed by atoms with E-state index >= 15 is 0 Å². The maximum absolute atomic E-state index is 13.2. The highest BCUT2D eigenvalue weighted by molar-refractivity contribution is 5.79. The standard InChI is InChI=1S/C13H16F2O2/c1-2-3-5-10(16)8-17-9-11-12(14)6-4-7-13(11)15/h4,6-7H,2-3,5,8-9H2,1H3. The lowest BCUT2D eigenvalue weighted by Gasteiger charge is -2.05. The number of carbonyl (C=O) groups excluding carboxylic acids is 1. The molecule has 0 amide bonds. The van der Waals surface area contributed by atoms with Crippen molar-refractivity contribution in [1.29, 1.82) is 0 Å². The fraction of sp³-hybridized carbons (Fsp3) is 0.462. The van der Waals surface area contributed by atoms with Gasteiger partial charge in [-0.25, -0.2) is 8.78 Å². The summed E-state index contributed by atoms with van der Waals surface area (Å²) in [4.78, 5) is 11.2. The third-order valence-corrected chi connectivity index (χ3v) is 2.38. The molecular formula is C13H16F2O2. The molecule has 0 fully saturated rings. The maximum Gasteiger partial charge on any atom is 0.158 e. The Kier molecular flexibility index (Phi) is 5.77. The Morgan fingerprint density at radius 2 is 1.94 bits per heavy atom. The zero-order chi connectivity index (χ0) is 12.7. The van der Waals surface area contributed by atoms with Crippen LogP contribution in [0.25, 0.3) is 0 Å². The minimum Gasteiger partial charge on any atom is -0.369 e. The Labute approximate surface area is 99.6 Å². The minimum absolute atomic E-state index is 0.0383. The van der Waals surface area contributed by atoms with Crippen LogP contribution in [0, 0.1) is 11.6 Å². The highest BCUT2D eigenvalue weighted by atomic mass is 19.1. The van der Waals surface area contributed by atoms with Crippen molar-refractivity contribution < 1.29 is 18.3 Å². The van der Waals surface area contributed by atoms with Crippen LogP contribution >= 0.6 is 0 Å². The van der Waals surface area contributed by atoms with Crippen LogP contribution in [0.3, 0.4) is 0 Å². The van der Waals surface area contributed by atoms with Crippen LogP contribution in [0.5, 0.6) is 0 Å². The molecule has 0 bridgehead atoms. The molecular weight excluding hydrogens is 226 g/mol. The van der Waals surface area contributed by atoms with Gasteiger partial charge in [-0.3, -0.25) is 4.79 Å². The third-order valence-electron chi connectivity index (χ3n) is 2.38. The van der Waals surface area contributed by atoms with Crippen LogP contribution in [0.15, 0.2) is 18.2 Å². The molecule has 0 heterocycles. The fourth-order valence-electron chi connectivity index (χ4n) is 1.38. The number of halogens is 2. The molecule has 0 N–H and O–H groups in total. The van der Waals surface area contributed by atoms with Gasteiger partial charge in [0.25, 0.3) is 0 Å². The van der Waals surface area contributed by atoms with E-state index in [2.05, 4.69) is 0 Å². The van der Waals surface area contributed by atoms with Crippen LogP contribution in [0.1, 0.15) is 31.7 Å². The number of rotatable bonds is 7. The van der Waals surface area contributed by atoms with Crippen LogP contribution in [-0.2, 0) is 16.1 Å². The molecule has 0 aromatic heterocycles. The topological polar surface area (TPSA) is 26.3 Å². The maximum atomic E-state index is 13.2. The summed E-state index contributed by atoms with van der Waals surface area (Å²) in [5.74, 6) is -1.33. The second-order valence-corrected chi connectivity index (χ2v) is 3.84. The van der Waals surface area contributed by atoms with Gasteiger partial charge in [0.2, 0.25) is 0 Å². The van der Waals surface area contributed by atoms with Crippen molar-refractivity contribution in [3.05, 3.63) is 35.4 Å². The van der Waals surface area contributed by atoms with E-state index < -0.39 is 11.6 Å². The molecule has 0 radical (unpaired) electrons. The van der Waals surface area contributed by atoms with Crippen LogP contribution in [0.2, 0.25) is 0 Å². The lowest BCUT2D eigenvalue weighted by atomic mass is 10.2. The molecule has 0 unspecified atom stereocenters. The highest BCUT2D eigenvalue weighted by Crippen LogP contribution is 2.13. The molecule has 2 nitrogen and oxygen atoms in total. The van der Waals surface area contributed by atoms with E-state index in [1.165, 1.54) is 18.2 Å². The molecule has 0 aliphatic heterocycles. The Morgan fingerprint density at radius 3 is 2.53 bits per heavy atom. The summed E-state index contributed by atoms with van der Waals surface area (Å²) in [7, 11) is 0. The van der Waals surface area contributed by atoms with Crippen LogP contribution in [-0.4, -0.2) is 12.4 Å². The van der Waals surface area contributed by atoms with E-state index in [0.717, 1.165) is 12.8 Å². The van der Waals surface area contributed by atoms with E-state index in [9.17, 15) is 13.6 Å². The second-order valence-electron chi connectivity index (χ2n) is 3.84. The summed E-state index contributed by atoms with van der Waals surface area (Å²) in [6, 6.07) is 3.63. The van der Waals surface area contributed by atoms with Crippen LogP contribution < -0.4 is 0 Å². The van der Waals surface area contributed by atoms with Gasteiger partial charge in [-0.15, -0.1) is 0 Å². The molecule has 0 saturated heterocycles. The summed E-state index contributed by atoms with van der Waals surface area (Å²) in [6.45, 7) is 1.69. The number of carbonyl (C=O) groups is 1. The average Bonchev–Trinajstić information content (AvgIpc) is 2.30. The normalized spacial score (nSPS) is 10.5. The molecule has 4 heteroatoms. The van der Waals surface area contributed by atoms with Gasteiger partial charge in [0, 0.05) is 12.0 Å². The van der Waals surface area contributed by atoms with Crippen molar-refractivity contribution in [2.75, 3.05) is 6.61 Å². The molecule has 0 saturated carbocycles. The molecule has 94 valence electrons. The first-order valence-corrected chi connectivity index (χ1v) is 5.67. The summed E-state index contributed by atoms with van der Waals surface area (Å²) < 4.78 is 31.4. The van der Waals surface area contributed by atoms with E-state index in [4.69, 9.17) is 4.74 Å². The average molecular weight is 242 g/mol. The summed E-state index contributed by atoms with van der Waals surface area (Å²) in [5.41, 5.74) is -0.129. The number of ketones is 1. The number of hydrogen-bond donors (Lipinski definition) is 0. The van der Waals surface area contributed by atoms with Crippen LogP contribution in [0.4, 0.5) is 8.78 Å². The Bertz CT molecular complexity index is 357. The van der Waals surface area contributed by atoms with E-state index in [0.29, 0.717) is 6.42 Å². The SMILES string of the molecule is CCCCC(=O)COCc1c(F)cccc1F. The molecule has 0 atom stereocenters. The lowest BCUT2D eigenvalue weighted by molar-refractivity contribution is -0.124. The molecule has 1 rings (SSSR count). The van der Waals surface area contributed by atoms with Crippen molar-refractivity contribution in [2.24, 2.45) is 0 Å². The number of unbranched alkanes of at least 4 members (excludes halogenated alkanes) is 1. The molecule has 17 heavy (non-hydrogen) atoms. The quantitative estimate of drug-likeness (QED) is 0.733. The van der Waals surface area contributed by atoms with Gasteiger partial charge in [0.15, 0.2) is 5.78 Å². The third kappa shape index (κ3) is 4.61. The van der Waals surface area contributed by atoms with Gasteiger partial charge in [-0.1, -0.05) is 19.4 Å². The van der Waals surface area contributed by atoms with Gasteiger partial charge in [-0.05, 0) is 18.6 Å². The van der Waals surface area contributed by atoms with Gasteiger partial charge in [0.1, 0.15) is 18.2 Å². The molecule has 1 aromatic carbocycles. The number of benzene rings is 1. The molecule has 0 aliphatic carbocycles. The Balaban J connectivity index is 2.38. The van der Waals surface area contributed by atoms with Gasteiger partial charge in [-0.2, -0.15) is 0 Å². The minimum atomic E-state index is -0.647. The van der Waals surface area contributed by atoms with Crippen molar-refractivity contribution in [2.45, 2.75) is 32.8 Å². The first-order valence-electron chi connectivity index (χ1n) is 5.67. The van der Waals surface area contributed by atoms with Crippen molar-refractivity contribution in [1.82, 2.24) is 0 Å². The van der Waals surface area contributed by atoms with Crippen molar-refractivity contribution >= 4 is 5.78 Å². The smallest absolute Gasteiger partial charge is 0.158 e. The zero-order valence-corrected chi connectivity index (χ0v) is 9.84. The lowest BCUT2D eigenvalue weighted by Crippen LogP contribution is -2.09. The van der Waals surface area contributed by atoms with Gasteiger partial charge < -0.3 is 4.74 Å². The molecule has 1 aromatic rings. The zero-order valence-electron chi connectivity index (χ0n) is 9.84. The van der Waals surface area contributed by atoms with Crippen molar-refractivity contribution in [3.63, 3.8) is 0 Å². The fourth-order valence-corrected chi connectivity index (χ4v) is 1.38. The summed E-state index contributed by atoms with van der Waals surface area (Å²) in [5, 5.41) is 0. The number of ether oxygens (including phenoxy) is 1. The first-order chi connectivity index (χ1) is 8.15. The summed E-state index contributed by atoms with van der Waals surface area (Å²) >= 11 is 0. The van der Waals surface area contributed by atoms with E-state index in [1.54, 1.807) is 0 Å². The number of hydrogen-bond acceptors (Lipinski definition) is 2. The second kappa shape index (κ2) is 7.12. The predicted molar refractivity (Wildman–Crippen MR) is 60.5 cm³/mol. The monoisotopic (exact) mass is 242 g/mol. The highest BCUT2D eigenvalue weighted by Gasteiger charge is 2.09. The van der Waals surface area contributed by atoms with Crippen molar-refractivity contribution in [3.8, 4) is 0 Å². The predicted octanol–water partition coefficient (Wildman–Crippen LogP) is 3.24. The van der Waals surface area contributed by atoms with E-state index in [1.807, 2.05) is 6.92 Å². The van der Waals surface area contributed by atoms with E-state index in [-0.39, 0.29) is 24.6 Å². The Hall–Kier alpha value is -1.29. The van der Waals surface area contributed by atoms with Gasteiger partial charge in [0.05, 0.1) is 6.61 Å². The molecule has 0 spiro atoms. The Morgan fingerprint density at radius 1 is 1.29 bits per heavy atom. The number of Topliss-reactive ketones (excluding diaryl/α,β-unsaturated/α-hetero) is 1. The largest absolute Gasteiger partial charge is 0.369 e. The molecule has 0 aliphatic rings. The van der Waals surface area contributed by atoms with Gasteiger partial charge >= 0.3 is 0 Å². The first kappa shape index (κ1) is 13.8. The summed E-state index contributed by atoms with van der Waals surface area (Å²) in [6.07, 6.45) is 2.21.